The quantitative estimate of drug-likeness (QED) is 0.847. The maximum absolute atomic E-state index is 6.21. The molecule has 20 heavy (non-hydrogen) atoms. The van der Waals surface area contributed by atoms with Crippen LogP contribution in [0, 0.1) is 0 Å². The number of hydrogen-bond acceptors (Lipinski definition) is 4. The summed E-state index contributed by atoms with van der Waals surface area (Å²) in [5, 5.41) is 5.22. The van der Waals surface area contributed by atoms with Gasteiger partial charge in [0.25, 0.3) is 0 Å². The van der Waals surface area contributed by atoms with E-state index in [-0.39, 0.29) is 0 Å². The van der Waals surface area contributed by atoms with Crippen LogP contribution in [-0.4, -0.2) is 18.6 Å². The number of thiazole rings is 1. The molecule has 0 aliphatic heterocycles. The van der Waals surface area contributed by atoms with E-state index in [2.05, 4.69) is 17.2 Å². The maximum Gasteiger partial charge on any atom is 0.0977 e. The largest absolute Gasteiger partial charge is 0.378 e. The summed E-state index contributed by atoms with van der Waals surface area (Å²) in [5.74, 6) is 0. The number of nitrogens with one attached hydrogen (secondary N) is 1. The molecule has 0 unspecified atom stereocenters. The third-order valence-electron chi connectivity index (χ3n) is 2.94. The maximum atomic E-state index is 6.21. The van der Waals surface area contributed by atoms with Gasteiger partial charge in [-0.05, 0) is 18.2 Å². The van der Waals surface area contributed by atoms with E-state index >= 15 is 0 Å². The summed E-state index contributed by atoms with van der Waals surface area (Å²) < 4.78 is 5.23. The van der Waals surface area contributed by atoms with Gasteiger partial charge in [-0.2, -0.15) is 0 Å². The second-order valence-electron chi connectivity index (χ2n) is 4.46. The molecule has 2 rings (SSSR count). The Kier molecular flexibility index (Phi) is 5.98. The van der Waals surface area contributed by atoms with Crippen LogP contribution in [0.5, 0.6) is 0 Å². The number of ether oxygens (including phenoxy) is 1. The van der Waals surface area contributed by atoms with Crippen molar-refractivity contribution in [3.05, 3.63) is 50.4 Å². The molecular formula is C15H19ClN2OS. The van der Waals surface area contributed by atoms with Gasteiger partial charge in [-0.15, -0.1) is 11.3 Å². The Morgan fingerprint density at radius 3 is 2.85 bits per heavy atom. The Morgan fingerprint density at radius 1 is 1.35 bits per heavy atom. The number of benzene rings is 1. The molecule has 2 aromatic rings. The van der Waals surface area contributed by atoms with Gasteiger partial charge in [-0.1, -0.05) is 36.7 Å². The first-order valence-corrected chi connectivity index (χ1v) is 7.84. The molecule has 0 aliphatic carbocycles. The molecule has 1 heterocycles. The Morgan fingerprint density at radius 2 is 2.15 bits per heavy atom. The van der Waals surface area contributed by atoms with Crippen LogP contribution in [0.1, 0.15) is 28.1 Å². The minimum atomic E-state index is 0.555. The molecule has 0 aliphatic rings. The summed E-state index contributed by atoms with van der Waals surface area (Å²) in [5.41, 5.74) is 2.14. The summed E-state index contributed by atoms with van der Waals surface area (Å²) in [6.07, 6.45) is 0.771. The lowest BCUT2D eigenvalue weighted by molar-refractivity contribution is 0.181. The second kappa shape index (κ2) is 7.74. The van der Waals surface area contributed by atoms with Crippen molar-refractivity contribution in [2.24, 2.45) is 0 Å². The normalized spacial score (nSPS) is 10.9. The molecule has 0 amide bonds. The molecule has 3 nitrogen and oxygen atoms in total. The van der Waals surface area contributed by atoms with E-state index in [1.54, 1.807) is 18.4 Å². The Hall–Kier alpha value is -0.940. The topological polar surface area (TPSA) is 34.2 Å². The lowest BCUT2D eigenvalue weighted by Crippen LogP contribution is -2.12. The highest BCUT2D eigenvalue weighted by Crippen LogP contribution is 2.24. The van der Waals surface area contributed by atoms with Crippen molar-refractivity contribution in [3.8, 4) is 0 Å². The highest BCUT2D eigenvalue weighted by molar-refractivity contribution is 7.11. The SMILES string of the molecule is CCNCc1sc(Cc2ccccc2Cl)nc1COC. The summed E-state index contributed by atoms with van der Waals surface area (Å²) in [6, 6.07) is 7.91. The molecule has 0 spiro atoms. The van der Waals surface area contributed by atoms with Crippen LogP contribution in [0.15, 0.2) is 24.3 Å². The predicted octanol–water partition coefficient (Wildman–Crippen LogP) is 3.64. The minimum absolute atomic E-state index is 0.555. The molecule has 5 heteroatoms. The molecular weight excluding hydrogens is 292 g/mol. The molecule has 0 radical (unpaired) electrons. The third kappa shape index (κ3) is 4.03. The minimum Gasteiger partial charge on any atom is -0.378 e. The Bertz CT molecular complexity index is 557. The smallest absolute Gasteiger partial charge is 0.0977 e. The first-order chi connectivity index (χ1) is 9.74. The second-order valence-corrected chi connectivity index (χ2v) is 6.03. The molecule has 0 fully saturated rings. The number of methoxy groups -OCH3 is 1. The van der Waals surface area contributed by atoms with Gasteiger partial charge in [0.15, 0.2) is 0 Å². The molecule has 1 N–H and O–H groups in total. The van der Waals surface area contributed by atoms with E-state index in [9.17, 15) is 0 Å². The monoisotopic (exact) mass is 310 g/mol. The van der Waals surface area contributed by atoms with E-state index in [4.69, 9.17) is 16.3 Å². The van der Waals surface area contributed by atoms with E-state index in [1.165, 1.54) is 4.88 Å². The van der Waals surface area contributed by atoms with Crippen LogP contribution < -0.4 is 5.32 Å². The van der Waals surface area contributed by atoms with Crippen molar-refractivity contribution in [3.63, 3.8) is 0 Å². The van der Waals surface area contributed by atoms with Gasteiger partial charge in [0.2, 0.25) is 0 Å². The van der Waals surface area contributed by atoms with Gasteiger partial charge in [0.05, 0.1) is 17.3 Å². The van der Waals surface area contributed by atoms with Crippen molar-refractivity contribution >= 4 is 22.9 Å². The van der Waals surface area contributed by atoms with Crippen LogP contribution in [0.25, 0.3) is 0 Å². The van der Waals surface area contributed by atoms with Gasteiger partial charge in [0, 0.05) is 30.0 Å². The van der Waals surface area contributed by atoms with Gasteiger partial charge < -0.3 is 10.1 Å². The number of aromatic nitrogens is 1. The van der Waals surface area contributed by atoms with Crippen molar-refractivity contribution in [2.75, 3.05) is 13.7 Å². The number of hydrogen-bond donors (Lipinski definition) is 1. The highest BCUT2D eigenvalue weighted by Gasteiger charge is 2.12. The first-order valence-electron chi connectivity index (χ1n) is 6.65. The molecule has 108 valence electrons. The number of rotatable bonds is 7. The van der Waals surface area contributed by atoms with Crippen LogP contribution in [0.4, 0.5) is 0 Å². The molecule has 0 bridgehead atoms. The summed E-state index contributed by atoms with van der Waals surface area (Å²) in [7, 11) is 1.70. The third-order valence-corrected chi connectivity index (χ3v) is 4.41. The van der Waals surface area contributed by atoms with E-state index < -0.39 is 0 Å². The van der Waals surface area contributed by atoms with E-state index in [0.717, 1.165) is 40.8 Å². The lowest BCUT2D eigenvalue weighted by atomic mass is 10.1. The molecule has 0 saturated heterocycles. The molecule has 0 saturated carbocycles. The Balaban J connectivity index is 2.17. The standard InChI is InChI=1S/C15H19ClN2OS/c1-3-17-9-14-13(10-19-2)18-15(20-14)8-11-6-4-5-7-12(11)16/h4-7,17H,3,8-10H2,1-2H3. The van der Waals surface area contributed by atoms with Crippen molar-refractivity contribution in [1.82, 2.24) is 10.3 Å². The van der Waals surface area contributed by atoms with Gasteiger partial charge >= 0.3 is 0 Å². The van der Waals surface area contributed by atoms with E-state index in [1.807, 2.05) is 24.3 Å². The van der Waals surface area contributed by atoms with Gasteiger partial charge in [-0.25, -0.2) is 4.98 Å². The fourth-order valence-corrected chi connectivity index (χ4v) is 3.21. The van der Waals surface area contributed by atoms with Crippen molar-refractivity contribution in [1.29, 1.82) is 0 Å². The lowest BCUT2D eigenvalue weighted by Gasteiger charge is -2.00. The van der Waals surface area contributed by atoms with Crippen molar-refractivity contribution in [2.45, 2.75) is 26.5 Å². The summed E-state index contributed by atoms with van der Waals surface area (Å²) in [4.78, 5) is 5.93. The highest BCUT2D eigenvalue weighted by atomic mass is 35.5. The van der Waals surface area contributed by atoms with Gasteiger partial charge in [0.1, 0.15) is 0 Å². The molecule has 0 atom stereocenters. The summed E-state index contributed by atoms with van der Waals surface area (Å²) >= 11 is 7.94. The van der Waals surface area contributed by atoms with Gasteiger partial charge in [-0.3, -0.25) is 0 Å². The zero-order valence-electron chi connectivity index (χ0n) is 11.8. The Labute approximate surface area is 129 Å². The number of halogens is 1. The van der Waals surface area contributed by atoms with Crippen LogP contribution in [0.2, 0.25) is 5.02 Å². The zero-order chi connectivity index (χ0) is 14.4. The summed E-state index contributed by atoms with van der Waals surface area (Å²) in [6.45, 7) is 4.45. The predicted molar refractivity (Wildman–Crippen MR) is 84.5 cm³/mol. The zero-order valence-corrected chi connectivity index (χ0v) is 13.4. The van der Waals surface area contributed by atoms with Crippen LogP contribution in [-0.2, 0) is 24.3 Å². The van der Waals surface area contributed by atoms with Crippen molar-refractivity contribution < 1.29 is 4.74 Å². The average Bonchev–Trinajstić information content (AvgIpc) is 2.81. The molecule has 1 aromatic carbocycles. The fourth-order valence-electron chi connectivity index (χ4n) is 1.94. The molecule has 1 aromatic heterocycles. The first kappa shape index (κ1) is 15.4. The fraction of sp³-hybridized carbons (Fsp3) is 0.400. The number of nitrogens with zero attached hydrogens (tertiary/aromatic N) is 1. The van der Waals surface area contributed by atoms with Crippen LogP contribution >= 0.6 is 22.9 Å². The average molecular weight is 311 g/mol. The van der Waals surface area contributed by atoms with E-state index in [0.29, 0.717) is 6.61 Å². The van der Waals surface area contributed by atoms with Crippen LogP contribution in [0.3, 0.4) is 0 Å².